The molecule has 0 aromatic rings. The first-order valence-electron chi connectivity index (χ1n) is 3.38. The fourth-order valence-corrected chi connectivity index (χ4v) is 1.02. The molecule has 0 heterocycles. The summed E-state index contributed by atoms with van der Waals surface area (Å²) in [5.41, 5.74) is 4.42. The predicted molar refractivity (Wildman–Crippen MR) is 50.5 cm³/mol. The summed E-state index contributed by atoms with van der Waals surface area (Å²) in [5.74, 6) is 0. The van der Waals surface area contributed by atoms with Gasteiger partial charge in [-0.1, -0.05) is 0 Å². The third-order valence-corrected chi connectivity index (χ3v) is 1.56. The summed E-state index contributed by atoms with van der Waals surface area (Å²) in [6.45, 7) is 5.50. The van der Waals surface area contributed by atoms with Crippen LogP contribution in [0.2, 0.25) is 0 Å². The normalized spacial score (nSPS) is 7.23. The van der Waals surface area contributed by atoms with Gasteiger partial charge in [0.1, 0.15) is 0 Å². The minimum absolute atomic E-state index is 0. The van der Waals surface area contributed by atoms with Gasteiger partial charge in [0.05, 0.1) is 0 Å². The van der Waals surface area contributed by atoms with Gasteiger partial charge in [-0.05, 0) is 0 Å². The molecule has 0 rings (SSSR count). The predicted octanol–water partition coefficient (Wildman–Crippen LogP) is -3.03. The molecular weight excluding hydrogens is 313 g/mol. The van der Waals surface area contributed by atoms with E-state index in [0.29, 0.717) is 0 Å². The van der Waals surface area contributed by atoms with Gasteiger partial charge >= 0.3 is 118 Å². The average molecular weight is 326 g/mol. The van der Waals surface area contributed by atoms with Crippen LogP contribution >= 0.6 is 0 Å². The Hall–Kier alpha value is 0.979. The number of hydrogen-bond acceptors (Lipinski definition) is 2. The number of amides is 2. The van der Waals surface area contributed by atoms with Crippen molar-refractivity contribution >= 4 is 41.6 Å². The van der Waals surface area contributed by atoms with E-state index in [0.717, 1.165) is 13.1 Å². The molecule has 4 nitrogen and oxygen atoms in total. The van der Waals surface area contributed by atoms with Gasteiger partial charge in [-0.25, -0.2) is 0 Å². The number of carbonyl (C=O) groups excluding carboxylic acids is 2. The molecule has 0 aliphatic carbocycles. The first kappa shape index (κ1) is 19.5. The standard InChI is InChI=1S/C5H10NOSe.CH2NOSe.Na.H/c1-3-6(4-2)5(7)8;2-1(3)4;;/h3-4H2,1-2H3;(H2,2,3);;/q;;+1;-1. The molecule has 72 valence electrons. The quantitative estimate of drug-likeness (QED) is 0.549. The van der Waals surface area contributed by atoms with E-state index >= 15 is 0 Å². The Labute approximate surface area is 119 Å². The smallest absolute Gasteiger partial charge is 1.00 e. The van der Waals surface area contributed by atoms with Gasteiger partial charge in [-0.2, -0.15) is 0 Å². The number of nitrogens with two attached hydrogens (primary N) is 1. The van der Waals surface area contributed by atoms with Crippen LogP contribution in [0.1, 0.15) is 15.3 Å². The maximum Gasteiger partial charge on any atom is 1.00 e. The summed E-state index contributed by atoms with van der Waals surface area (Å²) in [7, 11) is 0. The van der Waals surface area contributed by atoms with E-state index in [1.807, 2.05) is 29.9 Å². The van der Waals surface area contributed by atoms with Crippen molar-refractivity contribution in [2.75, 3.05) is 13.1 Å². The second-order valence-corrected chi connectivity index (χ2v) is 3.33. The van der Waals surface area contributed by atoms with Gasteiger partial charge in [-0.3, -0.25) is 0 Å². The van der Waals surface area contributed by atoms with Gasteiger partial charge in [0, 0.05) is 0 Å². The summed E-state index contributed by atoms with van der Waals surface area (Å²) < 4.78 is 0. The summed E-state index contributed by atoms with van der Waals surface area (Å²) in [6.07, 6.45) is 0. The molecule has 2 amide bonds. The van der Waals surface area contributed by atoms with Gasteiger partial charge in [0.25, 0.3) is 0 Å². The minimum Gasteiger partial charge on any atom is -1.00 e. The molecule has 0 bridgehead atoms. The molecule has 0 spiro atoms. The molecule has 0 fully saturated rings. The Bertz CT molecular complexity index is 155. The van der Waals surface area contributed by atoms with Crippen LogP contribution in [0.5, 0.6) is 0 Å². The van der Waals surface area contributed by atoms with Crippen molar-refractivity contribution in [1.29, 1.82) is 0 Å². The summed E-state index contributed by atoms with van der Waals surface area (Å²) in [6, 6.07) is 0. The van der Waals surface area contributed by atoms with E-state index in [9.17, 15) is 4.79 Å². The van der Waals surface area contributed by atoms with E-state index < -0.39 is 4.81 Å². The third-order valence-electron chi connectivity index (χ3n) is 1.02. The van der Waals surface area contributed by atoms with Crippen molar-refractivity contribution < 1.29 is 40.6 Å². The van der Waals surface area contributed by atoms with Crippen LogP contribution in [-0.2, 0) is 0 Å². The van der Waals surface area contributed by atoms with Crippen LogP contribution in [0.15, 0.2) is 0 Å². The Morgan fingerprint density at radius 1 is 1.31 bits per heavy atom. The largest absolute Gasteiger partial charge is 1.00 e. The Morgan fingerprint density at radius 2 is 1.54 bits per heavy atom. The molecule has 0 aliphatic heterocycles. The van der Waals surface area contributed by atoms with Crippen molar-refractivity contribution in [1.82, 2.24) is 4.90 Å². The molecule has 0 saturated carbocycles. The molecule has 2 radical (unpaired) electrons. The van der Waals surface area contributed by atoms with E-state index in [4.69, 9.17) is 4.79 Å². The molecule has 0 atom stereocenters. The Balaban J connectivity index is -0.0000000733. The van der Waals surface area contributed by atoms with Crippen LogP contribution < -0.4 is 35.3 Å². The first-order chi connectivity index (χ1) is 5.45. The molecule has 0 aliphatic rings. The van der Waals surface area contributed by atoms with Gasteiger partial charge in [0.15, 0.2) is 0 Å². The van der Waals surface area contributed by atoms with Crippen LogP contribution in [0, 0.1) is 0 Å². The number of nitrogens with zero attached hydrogens (tertiary/aromatic N) is 1. The van der Waals surface area contributed by atoms with Gasteiger partial charge in [0.2, 0.25) is 0 Å². The van der Waals surface area contributed by atoms with Crippen molar-refractivity contribution in [2.45, 2.75) is 13.8 Å². The minimum atomic E-state index is -0.458. The van der Waals surface area contributed by atoms with Gasteiger partial charge in [-0.15, -0.1) is 0 Å². The van der Waals surface area contributed by atoms with Crippen molar-refractivity contribution in [2.24, 2.45) is 5.73 Å². The molecule has 0 aromatic heterocycles. The molecular formula is C6H13N2NaO2Se2. The molecule has 0 unspecified atom stereocenters. The van der Waals surface area contributed by atoms with Crippen LogP contribution in [0.25, 0.3) is 0 Å². The zero-order valence-electron chi connectivity index (χ0n) is 9.07. The first-order valence-corrected chi connectivity index (χ1v) is 5.09. The van der Waals surface area contributed by atoms with Gasteiger partial charge < -0.3 is 1.43 Å². The molecule has 0 saturated heterocycles. The van der Waals surface area contributed by atoms with Crippen molar-refractivity contribution in [3.63, 3.8) is 0 Å². The Kier molecular flexibility index (Phi) is 19.5. The Morgan fingerprint density at radius 3 is 1.54 bits per heavy atom. The van der Waals surface area contributed by atoms with E-state index in [2.05, 4.69) is 21.7 Å². The maximum atomic E-state index is 10.5. The van der Waals surface area contributed by atoms with Crippen LogP contribution in [0.3, 0.4) is 0 Å². The second kappa shape index (κ2) is 13.0. The van der Waals surface area contributed by atoms with E-state index in [1.54, 1.807) is 4.90 Å². The SMILES string of the molecule is CCN(CC)C(=O)[Se].NC(=O)[Se].[H-].[Na+]. The van der Waals surface area contributed by atoms with Crippen molar-refractivity contribution in [3.05, 3.63) is 0 Å². The maximum absolute atomic E-state index is 10.5. The zero-order chi connectivity index (χ0) is 10.1. The fraction of sp³-hybridized carbons (Fsp3) is 0.667. The molecule has 0 aromatic carbocycles. The summed E-state index contributed by atoms with van der Waals surface area (Å²) in [4.78, 5) is 20.9. The topological polar surface area (TPSA) is 63.4 Å². The van der Waals surface area contributed by atoms with Crippen LogP contribution in [-0.4, -0.2) is 59.6 Å². The summed E-state index contributed by atoms with van der Waals surface area (Å²) >= 11 is 4.47. The number of carbonyl (C=O) groups is 2. The van der Waals surface area contributed by atoms with E-state index in [1.165, 1.54) is 0 Å². The molecule has 13 heavy (non-hydrogen) atoms. The zero-order valence-corrected chi connectivity index (χ0v) is 13.5. The summed E-state index contributed by atoms with van der Waals surface area (Å²) in [5, 5.41) is 0. The fourth-order valence-electron chi connectivity index (χ4n) is 0.482. The second-order valence-electron chi connectivity index (χ2n) is 1.76. The molecule has 7 heteroatoms. The number of rotatable bonds is 2. The van der Waals surface area contributed by atoms with E-state index in [-0.39, 0.29) is 35.8 Å². The number of hydrogen-bond donors (Lipinski definition) is 1. The third kappa shape index (κ3) is 19.4. The monoisotopic (exact) mass is 328 g/mol. The number of primary amides is 1. The van der Waals surface area contributed by atoms with Crippen LogP contribution in [0.4, 0.5) is 9.59 Å². The average Bonchev–Trinajstić information content (AvgIpc) is 1.87. The van der Waals surface area contributed by atoms with Crippen molar-refractivity contribution in [3.8, 4) is 0 Å². The molecule has 2 N–H and O–H groups in total.